The molecule has 0 saturated heterocycles. The van der Waals surface area contributed by atoms with E-state index in [1.54, 1.807) is 0 Å². The van der Waals surface area contributed by atoms with Crippen LogP contribution in [-0.4, -0.2) is 18.0 Å². The molecule has 0 bridgehead atoms. The molecular formula is C4H8ClO2P. The molecule has 0 rings (SSSR count). The second kappa shape index (κ2) is 5.49. The van der Waals surface area contributed by atoms with E-state index in [2.05, 4.69) is 0 Å². The van der Waals surface area contributed by atoms with Crippen LogP contribution in [-0.2, 0) is 9.32 Å². The normalized spacial score (nSPS) is 10.8. The van der Waals surface area contributed by atoms with Gasteiger partial charge in [-0.15, -0.1) is 11.6 Å². The summed E-state index contributed by atoms with van der Waals surface area (Å²) >= 11 is 5.25. The van der Waals surface area contributed by atoms with Crippen molar-refractivity contribution < 1.29 is 9.32 Å². The lowest BCUT2D eigenvalue weighted by atomic mass is 10.9. The quantitative estimate of drug-likeness (QED) is 0.347. The summed E-state index contributed by atoms with van der Waals surface area (Å²) in [5.74, 6) is 0.459. The highest BCUT2D eigenvalue weighted by Gasteiger charge is 1.89. The van der Waals surface area contributed by atoms with Gasteiger partial charge in [-0.2, -0.15) is 0 Å². The van der Waals surface area contributed by atoms with Crippen LogP contribution in [0.5, 0.6) is 0 Å². The summed E-state index contributed by atoms with van der Waals surface area (Å²) in [5.41, 5.74) is 0.0649. The van der Waals surface area contributed by atoms with E-state index in [0.717, 1.165) is 0 Å². The van der Waals surface area contributed by atoms with Gasteiger partial charge in [0, 0.05) is 12.8 Å². The maximum absolute atomic E-state index is 10.2. The maximum atomic E-state index is 10.2. The summed E-state index contributed by atoms with van der Waals surface area (Å²) in [6.07, 6.45) is 0. The van der Waals surface area contributed by atoms with Gasteiger partial charge in [-0.25, -0.2) is 0 Å². The minimum atomic E-state index is -0.0279. The first-order valence-electron chi connectivity index (χ1n) is 2.21. The summed E-state index contributed by atoms with van der Waals surface area (Å²) in [6, 6.07) is 0. The molecule has 0 aromatic heterocycles. The predicted molar refractivity (Wildman–Crippen MR) is 35.7 cm³/mol. The summed E-state index contributed by atoms with van der Waals surface area (Å²) in [6.45, 7) is 1.96. The average Bonchev–Trinajstić information content (AvgIpc) is 1.66. The highest BCUT2D eigenvalue weighted by molar-refractivity contribution is 7.53. The lowest BCUT2D eigenvalue weighted by Gasteiger charge is -1.93. The van der Waals surface area contributed by atoms with Gasteiger partial charge >= 0.3 is 0 Å². The molecular weight excluding hydrogens is 146 g/mol. The highest BCUT2D eigenvalue weighted by atomic mass is 35.5. The first-order chi connectivity index (χ1) is 3.77. The van der Waals surface area contributed by atoms with Gasteiger partial charge in [-0.05, 0) is 0 Å². The first-order valence-corrected chi connectivity index (χ1v) is 3.66. The minimum Gasteiger partial charge on any atom is -0.353 e. The Morgan fingerprint density at radius 3 is 2.88 bits per heavy atom. The van der Waals surface area contributed by atoms with Gasteiger partial charge in [0.25, 0.3) is 0 Å². The van der Waals surface area contributed by atoms with Crippen LogP contribution < -0.4 is 0 Å². The van der Waals surface area contributed by atoms with Gasteiger partial charge in [0.05, 0.1) is 15.4 Å². The van der Waals surface area contributed by atoms with Crippen LogP contribution in [0.3, 0.4) is 0 Å². The minimum absolute atomic E-state index is 0.0279. The molecule has 0 aliphatic heterocycles. The molecule has 4 heteroatoms. The molecule has 0 aliphatic rings. The Hall–Kier alpha value is 0.350. The number of carbonyl (C=O) groups is 1. The largest absolute Gasteiger partial charge is 0.353 e. The molecule has 1 unspecified atom stereocenters. The Morgan fingerprint density at radius 1 is 1.88 bits per heavy atom. The van der Waals surface area contributed by atoms with Crippen LogP contribution in [0.1, 0.15) is 6.92 Å². The van der Waals surface area contributed by atoms with Crippen molar-refractivity contribution in [2.75, 3.05) is 12.5 Å². The van der Waals surface area contributed by atoms with E-state index in [1.165, 1.54) is 6.92 Å². The summed E-state index contributed by atoms with van der Waals surface area (Å²) in [7, 11) is -0.0279. The maximum Gasteiger partial charge on any atom is 0.175 e. The smallest absolute Gasteiger partial charge is 0.175 e. The second-order valence-corrected chi connectivity index (χ2v) is 2.77. The van der Waals surface area contributed by atoms with E-state index in [0.29, 0.717) is 12.5 Å². The van der Waals surface area contributed by atoms with Crippen molar-refractivity contribution in [2.45, 2.75) is 6.92 Å². The van der Waals surface area contributed by atoms with Crippen LogP contribution in [0.2, 0.25) is 0 Å². The van der Waals surface area contributed by atoms with Crippen LogP contribution in [0, 0.1) is 0 Å². The Bertz CT molecular complexity index is 76.4. The van der Waals surface area contributed by atoms with Gasteiger partial charge in [0.1, 0.15) is 0 Å². The monoisotopic (exact) mass is 154 g/mol. The van der Waals surface area contributed by atoms with E-state index >= 15 is 0 Å². The lowest BCUT2D eigenvalue weighted by Crippen LogP contribution is -1.87. The van der Waals surface area contributed by atoms with Crippen molar-refractivity contribution in [2.24, 2.45) is 0 Å². The number of alkyl halides is 1. The molecule has 2 nitrogen and oxygen atoms in total. The first kappa shape index (κ1) is 8.35. The standard InChI is InChI=1S/C4H8ClO2P/c1-4(6)8-7-3-2-5/h8H,2-3H2,1H3. The number of carbonyl (C=O) groups excluding carboxylic acids is 1. The van der Waals surface area contributed by atoms with Crippen molar-refractivity contribution in [1.82, 2.24) is 0 Å². The van der Waals surface area contributed by atoms with Gasteiger partial charge in [-0.1, -0.05) is 0 Å². The molecule has 0 saturated carbocycles. The van der Waals surface area contributed by atoms with Crippen LogP contribution in [0.4, 0.5) is 0 Å². The molecule has 48 valence electrons. The van der Waals surface area contributed by atoms with E-state index in [1.807, 2.05) is 0 Å². The molecule has 0 N–H and O–H groups in total. The van der Waals surface area contributed by atoms with Crippen molar-refractivity contribution in [1.29, 1.82) is 0 Å². The molecule has 0 radical (unpaired) electrons. The molecule has 0 spiro atoms. The molecule has 0 aliphatic carbocycles. The SMILES string of the molecule is CC(=O)POCCCl. The zero-order chi connectivity index (χ0) is 6.41. The van der Waals surface area contributed by atoms with Crippen molar-refractivity contribution in [3.05, 3.63) is 0 Å². The fourth-order valence-corrected chi connectivity index (χ4v) is 0.805. The van der Waals surface area contributed by atoms with E-state index in [4.69, 9.17) is 16.1 Å². The van der Waals surface area contributed by atoms with Gasteiger partial charge in [0.15, 0.2) is 5.52 Å². The fourth-order valence-electron chi connectivity index (χ4n) is 0.191. The molecule has 8 heavy (non-hydrogen) atoms. The predicted octanol–water partition coefficient (Wildman–Crippen LogP) is 1.38. The second-order valence-electron chi connectivity index (χ2n) is 1.20. The molecule has 0 fully saturated rings. The van der Waals surface area contributed by atoms with Crippen LogP contribution >= 0.6 is 20.4 Å². The number of hydrogen-bond acceptors (Lipinski definition) is 2. The molecule has 0 amide bonds. The number of halogens is 1. The van der Waals surface area contributed by atoms with Gasteiger partial charge < -0.3 is 4.52 Å². The summed E-state index contributed by atoms with van der Waals surface area (Å²) in [4.78, 5) is 10.2. The molecule has 0 heterocycles. The van der Waals surface area contributed by atoms with Crippen LogP contribution in [0.25, 0.3) is 0 Å². The lowest BCUT2D eigenvalue weighted by molar-refractivity contribution is -0.110. The van der Waals surface area contributed by atoms with E-state index in [-0.39, 0.29) is 14.3 Å². The fraction of sp³-hybridized carbons (Fsp3) is 0.750. The Balaban J connectivity index is 2.82. The van der Waals surface area contributed by atoms with E-state index < -0.39 is 0 Å². The third-order valence-electron chi connectivity index (χ3n) is 0.395. The van der Waals surface area contributed by atoms with Crippen molar-refractivity contribution in [3.8, 4) is 0 Å². The zero-order valence-electron chi connectivity index (χ0n) is 4.61. The highest BCUT2D eigenvalue weighted by Crippen LogP contribution is 2.11. The Labute approximate surface area is 55.4 Å². The van der Waals surface area contributed by atoms with E-state index in [9.17, 15) is 4.79 Å². The third-order valence-corrected chi connectivity index (χ3v) is 1.19. The average molecular weight is 155 g/mol. The van der Waals surface area contributed by atoms with Crippen LogP contribution in [0.15, 0.2) is 0 Å². The molecule has 0 aromatic carbocycles. The summed E-state index contributed by atoms with van der Waals surface area (Å²) in [5, 5.41) is 0. The number of rotatable bonds is 4. The van der Waals surface area contributed by atoms with Crippen molar-refractivity contribution in [3.63, 3.8) is 0 Å². The zero-order valence-corrected chi connectivity index (χ0v) is 6.36. The van der Waals surface area contributed by atoms with Crippen molar-refractivity contribution >= 4 is 25.9 Å². The topological polar surface area (TPSA) is 26.3 Å². The van der Waals surface area contributed by atoms with Gasteiger partial charge in [0.2, 0.25) is 0 Å². The Kier molecular flexibility index (Phi) is 5.73. The molecule has 0 aromatic rings. The van der Waals surface area contributed by atoms with Gasteiger partial charge in [-0.3, -0.25) is 4.79 Å². The summed E-state index contributed by atoms with van der Waals surface area (Å²) < 4.78 is 4.79. The molecule has 1 atom stereocenters. The number of hydrogen-bond donors (Lipinski definition) is 0. The third kappa shape index (κ3) is 6.35. The Morgan fingerprint density at radius 2 is 2.50 bits per heavy atom.